The lowest BCUT2D eigenvalue weighted by Gasteiger charge is -2.28. The second-order valence-electron chi connectivity index (χ2n) is 6.96. The fraction of sp³-hybridized carbons (Fsp3) is 0.625. The molecule has 1 N–H and O–H groups in total. The number of nitro groups is 1. The van der Waals surface area contributed by atoms with Crippen LogP contribution < -0.4 is 4.72 Å². The van der Waals surface area contributed by atoms with Crippen LogP contribution in [0.2, 0.25) is 0 Å². The molecule has 0 saturated heterocycles. The van der Waals surface area contributed by atoms with Crippen LogP contribution in [0.5, 0.6) is 0 Å². The van der Waals surface area contributed by atoms with Crippen LogP contribution in [-0.2, 0) is 10.0 Å². The Hall–Kier alpha value is -1.47. The smallest absolute Gasteiger partial charge is 0.258 e. The molecular formula is C16H22N2O4S. The van der Waals surface area contributed by atoms with Crippen molar-refractivity contribution in [2.45, 2.75) is 50.5 Å². The average molecular weight is 338 g/mol. The quantitative estimate of drug-likeness (QED) is 0.660. The van der Waals surface area contributed by atoms with E-state index in [9.17, 15) is 18.5 Å². The summed E-state index contributed by atoms with van der Waals surface area (Å²) in [7, 11) is -3.75. The summed E-state index contributed by atoms with van der Waals surface area (Å²) in [5.41, 5.74) is 0.312. The molecule has 7 heteroatoms. The van der Waals surface area contributed by atoms with E-state index in [1.807, 2.05) is 6.92 Å². The average Bonchev–Trinajstić information content (AvgIpc) is 3.09. The van der Waals surface area contributed by atoms with Crippen LogP contribution in [0.15, 0.2) is 23.1 Å². The van der Waals surface area contributed by atoms with E-state index < -0.39 is 14.9 Å². The first-order valence-electron chi connectivity index (χ1n) is 8.05. The summed E-state index contributed by atoms with van der Waals surface area (Å²) in [4.78, 5) is 10.3. The summed E-state index contributed by atoms with van der Waals surface area (Å²) >= 11 is 0. The van der Waals surface area contributed by atoms with Crippen LogP contribution in [0.3, 0.4) is 0 Å². The predicted octanol–water partition coefficient (Wildman–Crippen LogP) is 3.01. The number of non-ortho nitro benzene ring substituents is 1. The number of hydrogen-bond donors (Lipinski definition) is 1. The number of hydrogen-bond acceptors (Lipinski definition) is 4. The zero-order chi connectivity index (χ0) is 16.8. The number of nitro benzene ring substituents is 1. The minimum absolute atomic E-state index is 0.00158. The van der Waals surface area contributed by atoms with Crippen LogP contribution in [0.1, 0.15) is 38.2 Å². The van der Waals surface area contributed by atoms with Gasteiger partial charge in [-0.25, -0.2) is 13.1 Å². The van der Waals surface area contributed by atoms with E-state index in [-0.39, 0.29) is 16.6 Å². The predicted molar refractivity (Wildman–Crippen MR) is 86.6 cm³/mol. The van der Waals surface area contributed by atoms with Gasteiger partial charge in [0, 0.05) is 18.2 Å². The van der Waals surface area contributed by atoms with Gasteiger partial charge in [-0.2, -0.15) is 0 Å². The summed E-state index contributed by atoms with van der Waals surface area (Å²) in [5.74, 6) is 1.74. The molecule has 2 bridgehead atoms. The maximum atomic E-state index is 12.7. The third-order valence-corrected chi connectivity index (χ3v) is 7.15. The summed E-state index contributed by atoms with van der Waals surface area (Å²) in [5, 5.41) is 10.9. The van der Waals surface area contributed by atoms with Crippen LogP contribution in [0, 0.1) is 34.8 Å². The lowest BCUT2D eigenvalue weighted by Crippen LogP contribution is -2.40. The minimum Gasteiger partial charge on any atom is -0.258 e. The molecule has 2 aliphatic carbocycles. The van der Waals surface area contributed by atoms with Gasteiger partial charge < -0.3 is 0 Å². The highest BCUT2D eigenvalue weighted by Gasteiger charge is 2.42. The van der Waals surface area contributed by atoms with Crippen LogP contribution in [0.4, 0.5) is 5.69 Å². The highest BCUT2D eigenvalue weighted by Crippen LogP contribution is 2.49. The first-order chi connectivity index (χ1) is 10.8. The molecule has 1 aromatic rings. The molecule has 0 heterocycles. The van der Waals surface area contributed by atoms with E-state index in [0.717, 1.165) is 18.4 Å². The maximum absolute atomic E-state index is 12.7. The zero-order valence-electron chi connectivity index (χ0n) is 13.4. The molecule has 0 aliphatic heterocycles. The highest BCUT2D eigenvalue weighted by atomic mass is 32.2. The van der Waals surface area contributed by atoms with Gasteiger partial charge in [-0.1, -0.05) is 12.5 Å². The number of sulfonamides is 1. The van der Waals surface area contributed by atoms with E-state index in [4.69, 9.17) is 0 Å². The van der Waals surface area contributed by atoms with E-state index in [1.165, 1.54) is 31.4 Å². The van der Waals surface area contributed by atoms with Crippen molar-refractivity contribution < 1.29 is 13.3 Å². The topological polar surface area (TPSA) is 89.3 Å². The van der Waals surface area contributed by atoms with Gasteiger partial charge >= 0.3 is 0 Å². The van der Waals surface area contributed by atoms with Gasteiger partial charge in [0.15, 0.2) is 0 Å². The van der Waals surface area contributed by atoms with E-state index in [0.29, 0.717) is 17.4 Å². The molecule has 2 saturated carbocycles. The Kier molecular flexibility index (Phi) is 4.18. The summed E-state index contributed by atoms with van der Waals surface area (Å²) in [6.07, 6.45) is 4.76. The first-order valence-corrected chi connectivity index (χ1v) is 9.53. The molecule has 3 rings (SSSR count). The van der Waals surface area contributed by atoms with Crippen molar-refractivity contribution >= 4 is 15.7 Å². The van der Waals surface area contributed by atoms with Crippen molar-refractivity contribution in [2.75, 3.05) is 0 Å². The van der Waals surface area contributed by atoms with Crippen molar-refractivity contribution in [3.8, 4) is 0 Å². The Bertz CT molecular complexity index is 732. The Labute approximate surface area is 136 Å². The molecule has 6 nitrogen and oxygen atoms in total. The van der Waals surface area contributed by atoms with Crippen LogP contribution >= 0.6 is 0 Å². The number of nitrogens with zero attached hydrogens (tertiary/aromatic N) is 1. The van der Waals surface area contributed by atoms with Crippen LogP contribution in [0.25, 0.3) is 0 Å². The number of aryl methyl sites for hydroxylation is 1. The van der Waals surface area contributed by atoms with E-state index in [1.54, 1.807) is 6.92 Å². The SMILES string of the molecule is Cc1ccc([N+](=O)[O-])cc1S(=O)(=O)N[C@H](C)[C@H]1C[C@H]2CC[C@H]1C2. The largest absolute Gasteiger partial charge is 0.270 e. The highest BCUT2D eigenvalue weighted by molar-refractivity contribution is 7.89. The molecule has 2 fully saturated rings. The monoisotopic (exact) mass is 338 g/mol. The Morgan fingerprint density at radius 1 is 1.30 bits per heavy atom. The third-order valence-electron chi connectivity index (χ3n) is 5.45. The van der Waals surface area contributed by atoms with Gasteiger partial charge in [-0.05, 0) is 56.4 Å². The summed E-state index contributed by atoms with van der Waals surface area (Å²) < 4.78 is 28.1. The Morgan fingerprint density at radius 3 is 2.61 bits per heavy atom. The summed E-state index contributed by atoms with van der Waals surface area (Å²) in [6, 6.07) is 3.81. The zero-order valence-corrected chi connectivity index (χ0v) is 14.2. The third kappa shape index (κ3) is 3.12. The van der Waals surface area contributed by atoms with Crippen LogP contribution in [-0.4, -0.2) is 19.4 Å². The number of fused-ring (bicyclic) bond motifs is 2. The number of nitrogens with one attached hydrogen (secondary N) is 1. The van der Waals surface area contributed by atoms with Crippen molar-refractivity contribution in [1.82, 2.24) is 4.72 Å². The van der Waals surface area contributed by atoms with Crippen molar-refractivity contribution in [3.63, 3.8) is 0 Å². The maximum Gasteiger partial charge on any atom is 0.270 e. The van der Waals surface area contributed by atoms with Gasteiger partial charge in [-0.15, -0.1) is 0 Å². The molecule has 1 aromatic carbocycles. The lowest BCUT2D eigenvalue weighted by atomic mass is 9.84. The van der Waals surface area contributed by atoms with E-state index >= 15 is 0 Å². The molecule has 0 aromatic heterocycles. The normalized spacial score (nSPS) is 28.0. The Balaban J connectivity index is 1.81. The van der Waals surface area contributed by atoms with Gasteiger partial charge in [0.2, 0.25) is 10.0 Å². The minimum atomic E-state index is -3.75. The fourth-order valence-electron chi connectivity index (χ4n) is 4.29. The first kappa shape index (κ1) is 16.4. The second-order valence-corrected chi connectivity index (χ2v) is 8.64. The van der Waals surface area contributed by atoms with Gasteiger partial charge in [-0.3, -0.25) is 10.1 Å². The standard InChI is InChI=1S/C16H22N2O4S/c1-10-3-6-14(18(19)20)9-16(10)23(21,22)17-11(2)15-8-12-4-5-13(15)7-12/h3,6,9,11-13,15,17H,4-5,7-8H2,1-2H3/t11-,12+,13+,15-/m1/s1. The van der Waals surface area contributed by atoms with E-state index in [2.05, 4.69) is 4.72 Å². The molecule has 0 amide bonds. The molecule has 4 atom stereocenters. The van der Waals surface area contributed by atoms with Crippen molar-refractivity contribution in [1.29, 1.82) is 0 Å². The van der Waals surface area contributed by atoms with Gasteiger partial charge in [0.05, 0.1) is 9.82 Å². The van der Waals surface area contributed by atoms with Gasteiger partial charge in [0.25, 0.3) is 5.69 Å². The second kappa shape index (κ2) is 5.87. The molecule has 0 spiro atoms. The fourth-order valence-corrected chi connectivity index (χ4v) is 5.85. The lowest BCUT2D eigenvalue weighted by molar-refractivity contribution is -0.385. The molecular weight excluding hydrogens is 316 g/mol. The summed E-state index contributed by atoms with van der Waals surface area (Å²) in [6.45, 7) is 3.57. The molecule has 0 radical (unpaired) electrons. The van der Waals surface area contributed by atoms with Crippen molar-refractivity contribution in [2.24, 2.45) is 17.8 Å². The Morgan fingerprint density at radius 2 is 2.04 bits per heavy atom. The molecule has 2 aliphatic rings. The number of rotatable bonds is 5. The van der Waals surface area contributed by atoms with Gasteiger partial charge in [0.1, 0.15) is 0 Å². The molecule has 126 valence electrons. The number of benzene rings is 1. The molecule has 0 unspecified atom stereocenters. The van der Waals surface area contributed by atoms with Crippen molar-refractivity contribution in [3.05, 3.63) is 33.9 Å². The molecule has 23 heavy (non-hydrogen) atoms.